The number of carbonyl (C=O) groups excluding carboxylic acids is 2. The van der Waals surface area contributed by atoms with E-state index in [9.17, 15) is 23.1 Å². The number of thiazole rings is 1. The molecule has 0 saturated carbocycles. The summed E-state index contributed by atoms with van der Waals surface area (Å²) >= 11 is 1.35. The number of hydrogen-bond donors (Lipinski definition) is 2. The van der Waals surface area contributed by atoms with Crippen molar-refractivity contribution in [1.82, 2.24) is 24.6 Å². The van der Waals surface area contributed by atoms with Crippen LogP contribution in [0.25, 0.3) is 10.2 Å². The molecule has 1 saturated heterocycles. The number of hydrogen-bond acceptors (Lipinski definition) is 8. The Morgan fingerprint density at radius 1 is 1.14 bits per heavy atom. The van der Waals surface area contributed by atoms with E-state index in [0.717, 1.165) is 36.2 Å². The Kier molecular flexibility index (Phi) is 11.9. The summed E-state index contributed by atoms with van der Waals surface area (Å²) in [4.78, 5) is 33.1. The molecule has 0 aliphatic carbocycles. The highest BCUT2D eigenvalue weighted by Gasteiger charge is 2.36. The van der Waals surface area contributed by atoms with E-state index < -0.39 is 28.1 Å². The Hall–Kier alpha value is -3.34. The molecule has 44 heavy (non-hydrogen) atoms. The topological polar surface area (TPSA) is 123 Å². The summed E-state index contributed by atoms with van der Waals surface area (Å²) < 4.78 is 30.0. The van der Waals surface area contributed by atoms with Crippen LogP contribution in [-0.4, -0.2) is 89.4 Å². The van der Waals surface area contributed by atoms with Gasteiger partial charge in [0, 0.05) is 25.9 Å². The van der Waals surface area contributed by atoms with Gasteiger partial charge in [-0.3, -0.25) is 19.9 Å². The standard InChI is InChI=1S/C32H41N5O5S2/c1-4-5-13-32(40)37(34-31(39)22-35-16-9-10-17-35)28(18-25-11-7-6-8-12-25)29(38)21-36(20-24(2)3)44(41,42)26-14-15-27-30(19-26)43-23-33-27/h1,6-8,11-12,14-15,19,23-24,28-29,38H,5,9-10,13,16-18,20-22H2,2-3H3,(H,34,39)/t28-,29+/m0/s1. The van der Waals surface area contributed by atoms with Gasteiger partial charge in [-0.05, 0) is 62.0 Å². The number of benzene rings is 2. The van der Waals surface area contributed by atoms with Crippen LogP contribution in [-0.2, 0) is 26.0 Å². The molecule has 0 bridgehead atoms. The lowest BCUT2D eigenvalue weighted by atomic mass is 9.99. The zero-order valence-electron chi connectivity index (χ0n) is 25.3. The fraction of sp³-hybridized carbons (Fsp3) is 0.469. The van der Waals surface area contributed by atoms with Crippen molar-refractivity contribution in [3.05, 3.63) is 59.6 Å². The molecule has 2 atom stereocenters. The fourth-order valence-electron chi connectivity index (χ4n) is 5.35. The molecule has 1 fully saturated rings. The van der Waals surface area contributed by atoms with Gasteiger partial charge in [0.1, 0.15) is 0 Å². The molecule has 0 unspecified atom stereocenters. The first-order valence-electron chi connectivity index (χ1n) is 14.9. The highest BCUT2D eigenvalue weighted by Crippen LogP contribution is 2.26. The number of sulfonamides is 1. The number of aromatic nitrogens is 1. The van der Waals surface area contributed by atoms with Crippen molar-refractivity contribution in [1.29, 1.82) is 0 Å². The molecular formula is C32H41N5O5S2. The first-order valence-corrected chi connectivity index (χ1v) is 17.2. The molecule has 2 N–H and O–H groups in total. The average Bonchev–Trinajstić information content (AvgIpc) is 3.69. The zero-order valence-corrected chi connectivity index (χ0v) is 26.9. The minimum Gasteiger partial charge on any atom is -0.390 e. The molecule has 0 radical (unpaired) electrons. The van der Waals surface area contributed by atoms with Crippen molar-refractivity contribution in [3.63, 3.8) is 0 Å². The molecule has 2 heterocycles. The van der Waals surface area contributed by atoms with Gasteiger partial charge in [-0.25, -0.2) is 18.4 Å². The summed E-state index contributed by atoms with van der Waals surface area (Å²) in [6.45, 7) is 5.35. The number of likely N-dealkylation sites (tertiary alicyclic amines) is 1. The van der Waals surface area contributed by atoms with E-state index in [0.29, 0.717) is 5.52 Å². The second kappa shape index (κ2) is 15.6. The van der Waals surface area contributed by atoms with Crippen molar-refractivity contribution in [2.75, 3.05) is 32.7 Å². The van der Waals surface area contributed by atoms with Gasteiger partial charge in [0.15, 0.2) is 0 Å². The van der Waals surface area contributed by atoms with Crippen LogP contribution in [0.4, 0.5) is 0 Å². The molecule has 0 spiro atoms. The minimum atomic E-state index is -4.04. The monoisotopic (exact) mass is 639 g/mol. The van der Waals surface area contributed by atoms with Crippen LogP contribution in [0.3, 0.4) is 0 Å². The Morgan fingerprint density at radius 2 is 1.86 bits per heavy atom. The maximum Gasteiger partial charge on any atom is 0.252 e. The van der Waals surface area contributed by atoms with Gasteiger partial charge in [0.25, 0.3) is 5.91 Å². The summed E-state index contributed by atoms with van der Waals surface area (Å²) in [5.74, 6) is 1.58. The smallest absolute Gasteiger partial charge is 0.252 e. The van der Waals surface area contributed by atoms with Crippen LogP contribution >= 0.6 is 11.3 Å². The Balaban J connectivity index is 1.66. The number of amides is 2. The molecule has 1 aliphatic rings. The molecular weight excluding hydrogens is 599 g/mol. The first kappa shape index (κ1) is 33.6. The quantitative estimate of drug-likeness (QED) is 0.205. The molecule has 4 rings (SSSR count). The molecule has 2 aromatic carbocycles. The molecule has 2 amide bonds. The highest BCUT2D eigenvalue weighted by molar-refractivity contribution is 7.89. The van der Waals surface area contributed by atoms with Gasteiger partial charge in [0.05, 0.1) is 39.3 Å². The average molecular weight is 640 g/mol. The van der Waals surface area contributed by atoms with Gasteiger partial charge < -0.3 is 5.11 Å². The van der Waals surface area contributed by atoms with E-state index in [-0.39, 0.29) is 55.6 Å². The molecule has 3 aromatic rings. The van der Waals surface area contributed by atoms with Crippen molar-refractivity contribution < 1.29 is 23.1 Å². The largest absolute Gasteiger partial charge is 0.390 e. The van der Waals surface area contributed by atoms with E-state index in [4.69, 9.17) is 6.42 Å². The third-order valence-electron chi connectivity index (χ3n) is 7.53. The van der Waals surface area contributed by atoms with Gasteiger partial charge in [0.2, 0.25) is 15.9 Å². The molecule has 10 nitrogen and oxygen atoms in total. The van der Waals surface area contributed by atoms with Crippen LogP contribution in [0.5, 0.6) is 0 Å². The lowest BCUT2D eigenvalue weighted by Gasteiger charge is -2.37. The van der Waals surface area contributed by atoms with Gasteiger partial charge in [-0.15, -0.1) is 23.7 Å². The minimum absolute atomic E-state index is 0.0403. The number of aliphatic hydroxyl groups is 1. The van der Waals surface area contributed by atoms with E-state index in [1.807, 2.05) is 49.1 Å². The van der Waals surface area contributed by atoms with Crippen molar-refractivity contribution >= 4 is 43.4 Å². The molecule has 1 aliphatic heterocycles. The van der Waals surface area contributed by atoms with Gasteiger partial charge in [-0.2, -0.15) is 4.31 Å². The van der Waals surface area contributed by atoms with Gasteiger partial charge >= 0.3 is 0 Å². The number of nitrogens with one attached hydrogen (secondary N) is 1. The summed E-state index contributed by atoms with van der Waals surface area (Å²) in [6.07, 6.45) is 6.40. The summed E-state index contributed by atoms with van der Waals surface area (Å²) in [7, 11) is -4.04. The third kappa shape index (κ3) is 8.86. The maximum atomic E-state index is 14.0. The van der Waals surface area contributed by atoms with Crippen LogP contribution in [0, 0.1) is 18.3 Å². The maximum absolute atomic E-state index is 14.0. The third-order valence-corrected chi connectivity index (χ3v) is 10.1. The van der Waals surface area contributed by atoms with E-state index in [2.05, 4.69) is 16.3 Å². The van der Waals surface area contributed by atoms with E-state index in [1.54, 1.807) is 17.6 Å². The van der Waals surface area contributed by atoms with E-state index in [1.165, 1.54) is 26.7 Å². The number of fused-ring (bicyclic) bond motifs is 1. The van der Waals surface area contributed by atoms with Crippen LogP contribution in [0.15, 0.2) is 58.9 Å². The van der Waals surface area contributed by atoms with Gasteiger partial charge in [-0.1, -0.05) is 44.2 Å². The number of hydrazine groups is 1. The highest BCUT2D eigenvalue weighted by atomic mass is 32.2. The Morgan fingerprint density at radius 3 is 2.55 bits per heavy atom. The van der Waals surface area contributed by atoms with Crippen LogP contribution in [0.2, 0.25) is 0 Å². The number of aliphatic hydroxyl groups excluding tert-OH is 1. The van der Waals surface area contributed by atoms with Crippen molar-refractivity contribution in [2.45, 2.75) is 63.0 Å². The number of carbonyl (C=O) groups is 2. The first-order chi connectivity index (χ1) is 21.1. The second-order valence-electron chi connectivity index (χ2n) is 11.5. The number of terminal acetylenes is 1. The lowest BCUT2D eigenvalue weighted by Crippen LogP contribution is -2.60. The number of nitrogens with zero attached hydrogens (tertiary/aromatic N) is 4. The van der Waals surface area contributed by atoms with Crippen molar-refractivity contribution in [3.8, 4) is 12.3 Å². The summed E-state index contributed by atoms with van der Waals surface area (Å²) in [5.41, 5.74) is 5.94. The summed E-state index contributed by atoms with van der Waals surface area (Å²) in [6, 6.07) is 13.1. The predicted octanol–water partition coefficient (Wildman–Crippen LogP) is 3.28. The number of rotatable bonds is 14. The Labute approximate surface area is 264 Å². The normalized spacial score (nSPS) is 15.4. The van der Waals surface area contributed by atoms with Crippen LogP contribution < -0.4 is 5.43 Å². The Bertz CT molecular complexity index is 1550. The molecule has 1 aromatic heterocycles. The van der Waals surface area contributed by atoms with Crippen LogP contribution in [0.1, 0.15) is 45.1 Å². The zero-order chi connectivity index (χ0) is 31.7. The molecule has 12 heteroatoms. The SMILES string of the molecule is C#CCCC(=O)N(NC(=O)CN1CCCC1)[C@@H](Cc1ccccc1)[C@H](O)CN(CC(C)C)S(=O)(=O)c1ccc2ncsc2c1. The predicted molar refractivity (Wildman–Crippen MR) is 172 cm³/mol. The second-order valence-corrected chi connectivity index (χ2v) is 14.3. The molecule has 236 valence electrons. The lowest BCUT2D eigenvalue weighted by molar-refractivity contribution is -0.148. The van der Waals surface area contributed by atoms with Crippen molar-refractivity contribution in [2.24, 2.45) is 5.92 Å². The summed E-state index contributed by atoms with van der Waals surface area (Å²) in [5, 5.41) is 13.0. The fourth-order valence-corrected chi connectivity index (χ4v) is 7.79. The van der Waals surface area contributed by atoms with E-state index >= 15 is 0 Å².